The van der Waals surface area contributed by atoms with Gasteiger partial charge in [-0.05, 0) is 36.1 Å². The molecule has 0 fully saturated rings. The zero-order chi connectivity index (χ0) is 20.5. The average molecular weight is 417 g/mol. The molecular weight excluding hydrogens is 396 g/mol. The molecular formula is C24H20N2O3S. The normalized spacial score (nSPS) is 22.4. The molecule has 5 rings (SSSR count). The predicted octanol–water partition coefficient (Wildman–Crippen LogP) is 4.99. The molecule has 0 saturated carbocycles. The van der Waals surface area contributed by atoms with Crippen LogP contribution in [-0.4, -0.2) is 17.6 Å². The topological polar surface area (TPSA) is 71.7 Å². The van der Waals surface area contributed by atoms with Crippen LogP contribution in [0.25, 0.3) is 0 Å². The maximum atomic E-state index is 12.9. The molecule has 3 aliphatic rings. The van der Waals surface area contributed by atoms with E-state index in [1.165, 1.54) is 5.56 Å². The molecule has 5 nitrogen and oxygen atoms in total. The number of carbonyl (C=O) groups is 1. The van der Waals surface area contributed by atoms with Gasteiger partial charge in [-0.15, -0.1) is 11.8 Å². The Kier molecular flexibility index (Phi) is 5.06. The van der Waals surface area contributed by atoms with E-state index in [2.05, 4.69) is 18.2 Å². The van der Waals surface area contributed by atoms with E-state index in [-0.39, 0.29) is 18.5 Å². The van der Waals surface area contributed by atoms with Gasteiger partial charge >= 0.3 is 0 Å². The zero-order valence-corrected chi connectivity index (χ0v) is 17.2. The lowest BCUT2D eigenvalue weighted by Crippen LogP contribution is -2.30. The Labute approximate surface area is 179 Å². The molecule has 150 valence electrons. The Hall–Kier alpha value is -3.04. The smallest absolute Gasteiger partial charge is 0.231 e. The van der Waals surface area contributed by atoms with Crippen LogP contribution in [0.4, 0.5) is 0 Å². The minimum Gasteiger partial charge on any atom is -0.454 e. The number of Topliss-reactive ketones (excluding diaryl/α,β-unsaturated/α-hetero) is 1. The van der Waals surface area contributed by atoms with E-state index < -0.39 is 5.92 Å². The number of benzene rings is 2. The first-order chi connectivity index (χ1) is 14.7. The van der Waals surface area contributed by atoms with Crippen molar-refractivity contribution in [1.29, 1.82) is 5.26 Å². The summed E-state index contributed by atoms with van der Waals surface area (Å²) in [6.07, 6.45) is 2.10. The lowest BCUT2D eigenvalue weighted by molar-refractivity contribution is -0.116. The molecule has 2 aliphatic heterocycles. The summed E-state index contributed by atoms with van der Waals surface area (Å²) in [5.74, 6) is 1.37. The van der Waals surface area contributed by atoms with Crippen LogP contribution < -0.4 is 9.47 Å². The van der Waals surface area contributed by atoms with Crippen molar-refractivity contribution in [1.82, 2.24) is 0 Å². The number of nitrogens with zero attached hydrogens (tertiary/aromatic N) is 2. The Balaban J connectivity index is 1.54. The molecule has 0 bridgehead atoms. The molecule has 0 spiro atoms. The third-order valence-corrected chi connectivity index (χ3v) is 6.83. The highest BCUT2D eigenvalue weighted by Crippen LogP contribution is 2.47. The number of fused-ring (bicyclic) bond motifs is 1. The molecule has 1 unspecified atom stereocenters. The van der Waals surface area contributed by atoms with Gasteiger partial charge in [0.25, 0.3) is 0 Å². The summed E-state index contributed by atoms with van der Waals surface area (Å²) in [5, 5.41) is 10.9. The summed E-state index contributed by atoms with van der Waals surface area (Å²) in [6.45, 7) is 0.192. The van der Waals surface area contributed by atoms with Crippen molar-refractivity contribution in [3.8, 4) is 17.6 Å². The van der Waals surface area contributed by atoms with E-state index in [1.807, 2.05) is 36.4 Å². The van der Waals surface area contributed by atoms with Crippen LogP contribution >= 0.6 is 11.8 Å². The highest BCUT2D eigenvalue weighted by atomic mass is 32.2. The van der Waals surface area contributed by atoms with Gasteiger partial charge in [0.1, 0.15) is 5.92 Å². The largest absolute Gasteiger partial charge is 0.454 e. The fourth-order valence-corrected chi connectivity index (χ4v) is 5.33. The van der Waals surface area contributed by atoms with E-state index in [0.717, 1.165) is 34.9 Å². The van der Waals surface area contributed by atoms with Gasteiger partial charge in [-0.25, -0.2) is 4.99 Å². The van der Waals surface area contributed by atoms with E-state index >= 15 is 0 Å². The number of carbonyl (C=O) groups excluding carboxylic acids is 1. The molecule has 0 amide bonds. The summed E-state index contributed by atoms with van der Waals surface area (Å²) in [6, 6.07) is 18.3. The number of ketones is 1. The highest BCUT2D eigenvalue weighted by molar-refractivity contribution is 8.13. The van der Waals surface area contributed by atoms with E-state index in [1.54, 1.807) is 11.8 Å². The van der Waals surface area contributed by atoms with E-state index in [4.69, 9.17) is 14.5 Å². The van der Waals surface area contributed by atoms with Gasteiger partial charge in [-0.2, -0.15) is 5.26 Å². The van der Waals surface area contributed by atoms with Crippen LogP contribution in [0.3, 0.4) is 0 Å². The third kappa shape index (κ3) is 3.40. The van der Waals surface area contributed by atoms with Gasteiger partial charge in [0.15, 0.2) is 17.3 Å². The number of ether oxygens (including phenoxy) is 2. The molecule has 0 radical (unpaired) electrons. The second-order valence-electron chi connectivity index (χ2n) is 7.56. The van der Waals surface area contributed by atoms with E-state index in [9.17, 15) is 10.1 Å². The molecule has 0 N–H and O–H groups in total. The number of hydrogen-bond acceptors (Lipinski definition) is 6. The predicted molar refractivity (Wildman–Crippen MR) is 115 cm³/mol. The summed E-state index contributed by atoms with van der Waals surface area (Å²) in [5.41, 5.74) is 3.63. The summed E-state index contributed by atoms with van der Waals surface area (Å²) >= 11 is 1.59. The molecule has 0 saturated heterocycles. The number of allylic oxidation sites excluding steroid dienone is 2. The van der Waals surface area contributed by atoms with Crippen LogP contribution in [0, 0.1) is 17.2 Å². The average Bonchev–Trinajstić information content (AvgIpc) is 3.25. The number of hydrogen-bond donors (Lipinski definition) is 0. The van der Waals surface area contributed by atoms with Crippen LogP contribution in [0.15, 0.2) is 64.8 Å². The maximum absolute atomic E-state index is 12.9. The van der Waals surface area contributed by atoms with Crippen molar-refractivity contribution in [2.24, 2.45) is 10.9 Å². The molecule has 30 heavy (non-hydrogen) atoms. The van der Waals surface area contributed by atoms with Gasteiger partial charge in [0, 0.05) is 29.4 Å². The monoisotopic (exact) mass is 416 g/mol. The fourth-order valence-electron chi connectivity index (χ4n) is 4.28. The van der Waals surface area contributed by atoms with Crippen LogP contribution in [0.1, 0.15) is 36.3 Å². The standard InChI is InChI=1S/C24H20N2O3S/c25-12-17-22(16-9-10-20-21(11-16)29-14-28-20)23-18(7-4-8-19(23)27)26-24(17)30-13-15-5-2-1-3-6-15/h1-3,5-6,9-11,17,22H,4,7-8,13-14H2/t17?,22-/m0/s1. The summed E-state index contributed by atoms with van der Waals surface area (Å²) in [4.78, 5) is 17.7. The fraction of sp³-hybridized carbons (Fsp3) is 0.292. The second kappa shape index (κ2) is 8.00. The lowest BCUT2D eigenvalue weighted by Gasteiger charge is -2.33. The SMILES string of the molecule is N#CC1C(SCc2ccccc2)=NC2=C(C(=O)CCC2)[C@H]1c1ccc2c(c1)OCO2. The molecule has 2 atom stereocenters. The van der Waals surface area contributed by atoms with Crippen molar-refractivity contribution in [2.75, 3.05) is 6.79 Å². The number of nitriles is 1. The highest BCUT2D eigenvalue weighted by Gasteiger charge is 2.41. The maximum Gasteiger partial charge on any atom is 0.231 e. The van der Waals surface area contributed by atoms with Gasteiger partial charge in [-0.3, -0.25) is 4.79 Å². The van der Waals surface area contributed by atoms with Crippen LogP contribution in [-0.2, 0) is 10.5 Å². The number of aliphatic imine (C=N–C) groups is 1. The summed E-state index contributed by atoms with van der Waals surface area (Å²) < 4.78 is 11.0. The Morgan fingerprint density at radius 2 is 1.93 bits per heavy atom. The van der Waals surface area contributed by atoms with Gasteiger partial charge in [-0.1, -0.05) is 36.4 Å². The van der Waals surface area contributed by atoms with Crippen molar-refractivity contribution in [2.45, 2.75) is 30.9 Å². The minimum atomic E-state index is -0.500. The van der Waals surface area contributed by atoms with Crippen LogP contribution in [0.5, 0.6) is 11.5 Å². The first-order valence-electron chi connectivity index (χ1n) is 10.1. The Morgan fingerprint density at radius 3 is 2.77 bits per heavy atom. The van der Waals surface area contributed by atoms with Gasteiger partial charge in [0.2, 0.25) is 6.79 Å². The minimum absolute atomic E-state index is 0.107. The van der Waals surface area contributed by atoms with Crippen molar-refractivity contribution < 1.29 is 14.3 Å². The second-order valence-corrected chi connectivity index (χ2v) is 8.55. The first-order valence-corrected chi connectivity index (χ1v) is 11.0. The first kappa shape index (κ1) is 19.0. The quantitative estimate of drug-likeness (QED) is 0.705. The van der Waals surface area contributed by atoms with Crippen molar-refractivity contribution in [3.63, 3.8) is 0 Å². The molecule has 6 heteroatoms. The van der Waals surface area contributed by atoms with Crippen molar-refractivity contribution >= 4 is 22.6 Å². The molecule has 0 aromatic heterocycles. The zero-order valence-electron chi connectivity index (χ0n) is 16.3. The molecule has 2 aromatic rings. The van der Waals surface area contributed by atoms with Crippen molar-refractivity contribution in [3.05, 3.63) is 70.9 Å². The molecule has 2 heterocycles. The lowest BCUT2D eigenvalue weighted by atomic mass is 9.74. The van der Waals surface area contributed by atoms with Gasteiger partial charge < -0.3 is 9.47 Å². The Morgan fingerprint density at radius 1 is 1.10 bits per heavy atom. The van der Waals surface area contributed by atoms with Crippen LogP contribution in [0.2, 0.25) is 0 Å². The molecule has 2 aromatic carbocycles. The summed E-state index contributed by atoms with van der Waals surface area (Å²) in [7, 11) is 0. The number of rotatable bonds is 3. The molecule has 1 aliphatic carbocycles. The number of thioether (sulfide) groups is 1. The van der Waals surface area contributed by atoms with E-state index in [0.29, 0.717) is 23.5 Å². The third-order valence-electron chi connectivity index (χ3n) is 5.71. The Bertz CT molecular complexity index is 1100. The van der Waals surface area contributed by atoms with Gasteiger partial charge in [0.05, 0.1) is 11.1 Å².